The summed E-state index contributed by atoms with van der Waals surface area (Å²) in [6, 6.07) is 4.01. The average Bonchev–Trinajstić information content (AvgIpc) is 3.12. The van der Waals surface area contributed by atoms with Gasteiger partial charge in [-0.2, -0.15) is 0 Å². The molecule has 1 amide bonds. The Morgan fingerprint density at radius 2 is 1.65 bits per heavy atom. The number of hydrogen-bond acceptors (Lipinski definition) is 2. The van der Waals surface area contributed by atoms with Crippen LogP contribution in [-0.4, -0.2) is 16.5 Å². The summed E-state index contributed by atoms with van der Waals surface area (Å²) in [5.41, 5.74) is 0.174. The van der Waals surface area contributed by atoms with E-state index >= 15 is 0 Å². The summed E-state index contributed by atoms with van der Waals surface area (Å²) < 4.78 is 1.77. The first kappa shape index (κ1) is 17.8. The van der Waals surface area contributed by atoms with E-state index < -0.39 is 0 Å². The van der Waals surface area contributed by atoms with Gasteiger partial charge in [0, 0.05) is 18.3 Å². The summed E-state index contributed by atoms with van der Waals surface area (Å²) >= 11 is 0. The van der Waals surface area contributed by atoms with Gasteiger partial charge in [0.25, 0.3) is 11.5 Å². The molecule has 23 heavy (non-hydrogen) atoms. The minimum Gasteiger partial charge on any atom is -0.349 e. The molecule has 2 saturated carbocycles. The molecular formula is C19H30N2O2. The van der Waals surface area contributed by atoms with Crippen LogP contribution >= 0.6 is 0 Å². The van der Waals surface area contributed by atoms with Crippen LogP contribution < -0.4 is 10.9 Å². The van der Waals surface area contributed by atoms with Gasteiger partial charge in [-0.05, 0) is 37.8 Å². The Balaban J connectivity index is 0.000000924. The average molecular weight is 318 g/mol. The van der Waals surface area contributed by atoms with Gasteiger partial charge in [0.05, 0.1) is 0 Å². The van der Waals surface area contributed by atoms with Crippen molar-refractivity contribution in [3.63, 3.8) is 0 Å². The number of pyridine rings is 1. The van der Waals surface area contributed by atoms with Gasteiger partial charge in [-0.25, -0.2) is 0 Å². The number of rotatable bonds is 3. The first-order valence-corrected chi connectivity index (χ1v) is 9.28. The molecule has 0 spiro atoms. The van der Waals surface area contributed by atoms with Gasteiger partial charge in [-0.3, -0.25) is 9.59 Å². The van der Waals surface area contributed by atoms with Crippen LogP contribution in [0.1, 0.15) is 88.0 Å². The molecule has 1 aromatic heterocycles. The molecule has 4 nitrogen and oxygen atoms in total. The Kier molecular flexibility index (Phi) is 6.87. The van der Waals surface area contributed by atoms with Gasteiger partial charge in [0.1, 0.15) is 5.56 Å². The largest absolute Gasteiger partial charge is 0.349 e. The van der Waals surface area contributed by atoms with E-state index in [1.54, 1.807) is 10.6 Å². The zero-order valence-electron chi connectivity index (χ0n) is 14.5. The lowest BCUT2D eigenvalue weighted by Crippen LogP contribution is -2.40. The molecule has 0 unspecified atom stereocenters. The first-order chi connectivity index (χ1) is 11.3. The van der Waals surface area contributed by atoms with Crippen molar-refractivity contribution in [2.75, 3.05) is 0 Å². The number of nitrogens with one attached hydrogen (secondary N) is 1. The van der Waals surface area contributed by atoms with Crippen molar-refractivity contribution in [2.24, 2.45) is 0 Å². The summed E-state index contributed by atoms with van der Waals surface area (Å²) in [7, 11) is 0. The lowest BCUT2D eigenvalue weighted by Gasteiger charge is -2.23. The van der Waals surface area contributed by atoms with E-state index in [9.17, 15) is 9.59 Å². The number of carbonyl (C=O) groups excluding carboxylic acids is 1. The first-order valence-electron chi connectivity index (χ1n) is 9.28. The van der Waals surface area contributed by atoms with E-state index in [0.29, 0.717) is 5.56 Å². The lowest BCUT2D eigenvalue weighted by atomic mass is 9.95. The summed E-state index contributed by atoms with van der Waals surface area (Å²) in [6.45, 7) is 4.00. The van der Waals surface area contributed by atoms with Crippen molar-refractivity contribution < 1.29 is 4.79 Å². The zero-order chi connectivity index (χ0) is 16.7. The fraction of sp³-hybridized carbons (Fsp3) is 0.684. The normalized spacial score (nSPS) is 19.0. The molecule has 0 aromatic carbocycles. The van der Waals surface area contributed by atoms with Crippen LogP contribution in [0.2, 0.25) is 0 Å². The van der Waals surface area contributed by atoms with Crippen LogP contribution in [-0.2, 0) is 0 Å². The molecule has 0 saturated heterocycles. The van der Waals surface area contributed by atoms with Crippen molar-refractivity contribution in [1.29, 1.82) is 0 Å². The van der Waals surface area contributed by atoms with Crippen LogP contribution in [0.25, 0.3) is 0 Å². The number of aromatic nitrogens is 1. The molecule has 0 bridgehead atoms. The molecule has 3 rings (SSSR count). The maximum absolute atomic E-state index is 12.5. The standard InChI is InChI=1S/C17H24N2O2.C2H6/c20-16(18-13-7-2-1-3-8-13)15-11-6-12-19(17(15)21)14-9-4-5-10-14;1-2/h6,11-14H,1-5,7-10H2,(H,18,20);1-2H3. The minimum atomic E-state index is -0.195. The van der Waals surface area contributed by atoms with E-state index in [1.165, 1.54) is 32.1 Å². The lowest BCUT2D eigenvalue weighted by molar-refractivity contribution is 0.0925. The minimum absolute atomic E-state index is 0.127. The SMILES string of the molecule is CC.O=C(NC1CCCCC1)c1cccn(C2CCCC2)c1=O. The molecule has 2 fully saturated rings. The second-order valence-electron chi connectivity index (χ2n) is 6.38. The maximum Gasteiger partial charge on any atom is 0.263 e. The quantitative estimate of drug-likeness (QED) is 0.914. The molecule has 2 aliphatic rings. The van der Waals surface area contributed by atoms with Crippen LogP contribution in [0.15, 0.2) is 23.1 Å². The van der Waals surface area contributed by atoms with Crippen molar-refractivity contribution in [3.8, 4) is 0 Å². The Bertz CT molecular complexity index is 553. The molecule has 0 atom stereocenters. The van der Waals surface area contributed by atoms with Gasteiger partial charge in [0.2, 0.25) is 0 Å². The number of carbonyl (C=O) groups is 1. The van der Waals surface area contributed by atoms with Gasteiger partial charge in [-0.1, -0.05) is 46.0 Å². The van der Waals surface area contributed by atoms with E-state index in [-0.39, 0.29) is 23.6 Å². The highest BCUT2D eigenvalue weighted by Gasteiger charge is 2.22. The fourth-order valence-electron chi connectivity index (χ4n) is 3.66. The highest BCUT2D eigenvalue weighted by molar-refractivity contribution is 5.94. The molecule has 4 heteroatoms. The third-order valence-electron chi connectivity index (χ3n) is 4.88. The number of amides is 1. The topological polar surface area (TPSA) is 51.1 Å². The Morgan fingerprint density at radius 1 is 1.04 bits per heavy atom. The fourth-order valence-corrected chi connectivity index (χ4v) is 3.66. The molecule has 128 valence electrons. The molecule has 1 aromatic rings. The van der Waals surface area contributed by atoms with Crippen LogP contribution in [0.4, 0.5) is 0 Å². The Labute approximate surface area is 139 Å². The van der Waals surface area contributed by atoms with E-state index in [0.717, 1.165) is 25.7 Å². The van der Waals surface area contributed by atoms with Gasteiger partial charge < -0.3 is 9.88 Å². The third kappa shape index (κ3) is 4.46. The second-order valence-corrected chi connectivity index (χ2v) is 6.38. The summed E-state index contributed by atoms with van der Waals surface area (Å²) in [6.07, 6.45) is 12.0. The number of nitrogens with zero attached hydrogens (tertiary/aromatic N) is 1. The van der Waals surface area contributed by atoms with Gasteiger partial charge in [-0.15, -0.1) is 0 Å². The maximum atomic E-state index is 12.5. The zero-order valence-corrected chi connectivity index (χ0v) is 14.5. The summed E-state index contributed by atoms with van der Waals surface area (Å²) in [4.78, 5) is 24.9. The Hall–Kier alpha value is -1.58. The summed E-state index contributed by atoms with van der Waals surface area (Å²) in [5.74, 6) is -0.195. The number of hydrogen-bond donors (Lipinski definition) is 1. The highest BCUT2D eigenvalue weighted by atomic mass is 16.2. The predicted molar refractivity (Wildman–Crippen MR) is 93.9 cm³/mol. The monoisotopic (exact) mass is 318 g/mol. The highest BCUT2D eigenvalue weighted by Crippen LogP contribution is 2.28. The van der Waals surface area contributed by atoms with E-state index in [4.69, 9.17) is 0 Å². The smallest absolute Gasteiger partial charge is 0.263 e. The third-order valence-corrected chi connectivity index (χ3v) is 4.88. The molecule has 2 aliphatic carbocycles. The molecule has 0 radical (unpaired) electrons. The van der Waals surface area contributed by atoms with Crippen molar-refractivity contribution in [2.45, 2.75) is 83.7 Å². The molecule has 0 aliphatic heterocycles. The van der Waals surface area contributed by atoms with Crippen LogP contribution in [0.3, 0.4) is 0 Å². The Morgan fingerprint density at radius 3 is 2.30 bits per heavy atom. The van der Waals surface area contributed by atoms with E-state index in [1.807, 2.05) is 26.1 Å². The van der Waals surface area contributed by atoms with E-state index in [2.05, 4.69) is 5.32 Å². The van der Waals surface area contributed by atoms with Crippen molar-refractivity contribution >= 4 is 5.91 Å². The predicted octanol–water partition coefficient (Wildman–Crippen LogP) is 4.05. The molecular weight excluding hydrogens is 288 g/mol. The summed E-state index contributed by atoms with van der Waals surface area (Å²) in [5, 5.41) is 3.04. The van der Waals surface area contributed by atoms with Gasteiger partial charge in [0.15, 0.2) is 0 Å². The van der Waals surface area contributed by atoms with Gasteiger partial charge >= 0.3 is 0 Å². The van der Waals surface area contributed by atoms with Crippen molar-refractivity contribution in [3.05, 3.63) is 34.2 Å². The van der Waals surface area contributed by atoms with Crippen molar-refractivity contribution in [1.82, 2.24) is 9.88 Å². The van der Waals surface area contributed by atoms with Crippen LogP contribution in [0.5, 0.6) is 0 Å². The van der Waals surface area contributed by atoms with Crippen LogP contribution in [0, 0.1) is 0 Å². The second kappa shape index (κ2) is 8.90. The molecule has 1 heterocycles. The molecule has 1 N–H and O–H groups in total.